The van der Waals surface area contributed by atoms with Gasteiger partial charge in [-0.25, -0.2) is 9.55 Å². The highest BCUT2D eigenvalue weighted by Gasteiger charge is 2.58. The zero-order valence-electron chi connectivity index (χ0n) is 25.3. The van der Waals surface area contributed by atoms with Gasteiger partial charge in [0.15, 0.2) is 10.8 Å². The van der Waals surface area contributed by atoms with E-state index < -0.39 is 33.8 Å². The highest BCUT2D eigenvalue weighted by Crippen LogP contribution is 2.34. The Bertz CT molecular complexity index is 1780. The van der Waals surface area contributed by atoms with E-state index in [1.165, 1.54) is 19.2 Å². The van der Waals surface area contributed by atoms with Crippen LogP contribution in [0.25, 0.3) is 11.1 Å². The van der Waals surface area contributed by atoms with Gasteiger partial charge in [0.25, 0.3) is 17.6 Å². The molecule has 0 radical (unpaired) electrons. The summed E-state index contributed by atoms with van der Waals surface area (Å²) in [6, 6.07) is 8.91. The molecule has 1 unspecified atom stereocenters. The monoisotopic (exact) mass is 675 g/mol. The minimum atomic E-state index is -4.95. The summed E-state index contributed by atoms with van der Waals surface area (Å²) in [5.41, 5.74) is 13.0. The van der Waals surface area contributed by atoms with Gasteiger partial charge in [0.2, 0.25) is 0 Å². The van der Waals surface area contributed by atoms with Gasteiger partial charge >= 0.3 is 10.4 Å². The molecule has 0 saturated carbocycles. The third-order valence-corrected chi connectivity index (χ3v) is 8.55. The lowest BCUT2D eigenvalue weighted by Gasteiger charge is -2.50. The first kappa shape index (κ1) is 33.0. The van der Waals surface area contributed by atoms with E-state index in [1.807, 2.05) is 48.1 Å². The van der Waals surface area contributed by atoms with E-state index in [4.69, 9.17) is 25.6 Å². The zero-order valence-corrected chi connectivity index (χ0v) is 26.9. The molecular weight excluding hydrogens is 640 g/mol. The number of hydrogen-bond donors (Lipinski definition) is 5. The number of hydrogen-bond acceptors (Lipinski definition) is 13. The quantitative estimate of drug-likeness (QED) is 0.0578. The molecule has 3 aromatic rings. The van der Waals surface area contributed by atoms with Gasteiger partial charge in [-0.05, 0) is 43.5 Å². The van der Waals surface area contributed by atoms with Crippen molar-refractivity contribution in [3.05, 3.63) is 53.2 Å². The largest absolute Gasteiger partial charge is 0.493 e. The summed E-state index contributed by atoms with van der Waals surface area (Å²) < 4.78 is 43.6. The van der Waals surface area contributed by atoms with E-state index in [9.17, 15) is 18.0 Å². The number of aryl methyl sites for hydroxylation is 1. The molecule has 2 atom stereocenters. The Morgan fingerprint density at radius 1 is 1.30 bits per heavy atom. The average Bonchev–Trinajstić information content (AvgIpc) is 3.44. The molecule has 2 aliphatic rings. The van der Waals surface area contributed by atoms with Crippen molar-refractivity contribution in [2.45, 2.75) is 31.8 Å². The van der Waals surface area contributed by atoms with Crippen molar-refractivity contribution in [3.63, 3.8) is 0 Å². The van der Waals surface area contributed by atoms with Gasteiger partial charge < -0.3 is 26.4 Å². The standard InChI is InChI=1S/C28H34N8O8S2/c1-28(2)24(26(38)36(28)44-46(39,40)41)33-25(37)23(20-15-45-27(30)32-20)34-43-14-16-10-18-5-4-17(11-21(18)42-13-16)19-6-7-22(31-9-8-29)35(3)12-19/h4-7,11-12,15-16,24H,8-10,13-14,29H2,1-3H3,(H4,30,32,33,37,39,40,41)/p+1/b34-23-/t16?,24-/m1/s1. The molecule has 7 N–H and O–H groups in total. The van der Waals surface area contributed by atoms with Gasteiger partial charge in [-0.3, -0.25) is 19.5 Å². The molecule has 1 fully saturated rings. The first-order chi connectivity index (χ1) is 21.8. The lowest BCUT2D eigenvalue weighted by Crippen LogP contribution is -2.76. The van der Waals surface area contributed by atoms with Crippen LogP contribution in [0.2, 0.25) is 0 Å². The van der Waals surface area contributed by atoms with Gasteiger partial charge in [0.1, 0.15) is 24.1 Å². The van der Waals surface area contributed by atoms with Crippen LogP contribution in [0.15, 0.2) is 47.1 Å². The third kappa shape index (κ3) is 7.20. The number of β-lactam (4-membered cyclic amide) rings is 1. The van der Waals surface area contributed by atoms with Crippen LogP contribution >= 0.6 is 11.3 Å². The van der Waals surface area contributed by atoms with Gasteiger partial charge in [-0.15, -0.1) is 15.6 Å². The van der Waals surface area contributed by atoms with Crippen LogP contribution < -0.4 is 31.4 Å². The summed E-state index contributed by atoms with van der Waals surface area (Å²) in [6.07, 6.45) is 2.69. The Morgan fingerprint density at radius 3 is 2.72 bits per heavy atom. The number of carbonyl (C=O) groups is 2. The first-order valence-electron chi connectivity index (χ1n) is 14.2. The number of carbonyl (C=O) groups excluding carboxylic acids is 2. The molecular formula is C28H35N8O8S2+. The average molecular weight is 676 g/mol. The second kappa shape index (κ2) is 13.2. The second-order valence-corrected chi connectivity index (χ2v) is 13.2. The van der Waals surface area contributed by atoms with Crippen LogP contribution in [0.3, 0.4) is 0 Å². The Morgan fingerprint density at radius 2 is 2.07 bits per heavy atom. The number of amides is 2. The minimum Gasteiger partial charge on any atom is -0.493 e. The van der Waals surface area contributed by atoms with E-state index >= 15 is 0 Å². The Kier molecular flexibility index (Phi) is 9.45. The Labute approximate surface area is 269 Å². The molecule has 2 aromatic heterocycles. The van der Waals surface area contributed by atoms with Crippen molar-refractivity contribution < 1.29 is 41.0 Å². The summed E-state index contributed by atoms with van der Waals surface area (Å²) in [7, 11) is -2.98. The fourth-order valence-electron chi connectivity index (χ4n) is 5.11. The Balaban J connectivity index is 1.23. The molecule has 4 heterocycles. The lowest BCUT2D eigenvalue weighted by molar-refractivity contribution is -0.656. The summed E-state index contributed by atoms with van der Waals surface area (Å²) >= 11 is 1.09. The van der Waals surface area contributed by atoms with Crippen LogP contribution in [0, 0.1) is 5.92 Å². The third-order valence-electron chi connectivity index (χ3n) is 7.53. The van der Waals surface area contributed by atoms with Gasteiger partial charge in [0.05, 0.1) is 31.9 Å². The number of nitrogens with one attached hydrogen (secondary N) is 2. The van der Waals surface area contributed by atoms with Gasteiger partial charge in [-0.2, -0.15) is 13.5 Å². The Hall–Kier alpha value is -4.36. The lowest BCUT2D eigenvalue weighted by atomic mass is 9.84. The van der Waals surface area contributed by atoms with E-state index in [-0.39, 0.29) is 29.1 Å². The maximum atomic E-state index is 13.3. The highest BCUT2D eigenvalue weighted by atomic mass is 32.3. The number of aromatic nitrogens is 2. The summed E-state index contributed by atoms with van der Waals surface area (Å²) in [6.45, 7) is 4.59. The minimum absolute atomic E-state index is 0.0732. The van der Waals surface area contributed by atoms with Crippen LogP contribution in [0.5, 0.6) is 5.75 Å². The molecule has 1 aromatic carbocycles. The van der Waals surface area contributed by atoms with E-state index in [2.05, 4.69) is 25.1 Å². The molecule has 2 aliphatic heterocycles. The van der Waals surface area contributed by atoms with Crippen molar-refractivity contribution in [2.24, 2.45) is 23.9 Å². The normalized spacial score (nSPS) is 19.1. The maximum absolute atomic E-state index is 13.3. The van der Waals surface area contributed by atoms with Crippen molar-refractivity contribution in [3.8, 4) is 16.9 Å². The molecule has 0 spiro atoms. The van der Waals surface area contributed by atoms with E-state index in [0.717, 1.165) is 39.6 Å². The predicted molar refractivity (Wildman–Crippen MR) is 168 cm³/mol. The molecule has 46 heavy (non-hydrogen) atoms. The number of nitrogens with zero attached hydrogens (tertiary/aromatic N) is 4. The number of anilines is 2. The number of pyridine rings is 1. The number of thiazole rings is 1. The van der Waals surface area contributed by atoms with Crippen LogP contribution in [0.4, 0.5) is 10.9 Å². The highest BCUT2D eigenvalue weighted by molar-refractivity contribution is 7.80. The maximum Gasteiger partial charge on any atom is 0.418 e. The number of oxime groups is 1. The predicted octanol–water partition coefficient (Wildman–Crippen LogP) is 0.399. The molecule has 0 aliphatic carbocycles. The number of fused-ring (bicyclic) bond motifs is 1. The number of ether oxygens (including phenoxy) is 1. The molecule has 16 nitrogen and oxygen atoms in total. The van der Waals surface area contributed by atoms with Gasteiger partial charge in [0, 0.05) is 29.5 Å². The van der Waals surface area contributed by atoms with Crippen LogP contribution in [-0.2, 0) is 42.6 Å². The van der Waals surface area contributed by atoms with Crippen molar-refractivity contribution in [1.29, 1.82) is 0 Å². The van der Waals surface area contributed by atoms with Crippen molar-refractivity contribution in [1.82, 2.24) is 15.4 Å². The van der Waals surface area contributed by atoms with Crippen LogP contribution in [0.1, 0.15) is 25.1 Å². The molecule has 1 saturated heterocycles. The summed E-state index contributed by atoms with van der Waals surface area (Å²) in [5, 5.41) is 12.0. The molecule has 246 valence electrons. The van der Waals surface area contributed by atoms with E-state index in [0.29, 0.717) is 31.2 Å². The van der Waals surface area contributed by atoms with Crippen molar-refractivity contribution >= 4 is 50.2 Å². The summed E-state index contributed by atoms with van der Waals surface area (Å²) in [4.78, 5) is 35.5. The second-order valence-electron chi connectivity index (χ2n) is 11.3. The smallest absolute Gasteiger partial charge is 0.418 e. The fraction of sp³-hybridized carbons (Fsp3) is 0.393. The molecule has 2 amide bonds. The van der Waals surface area contributed by atoms with Gasteiger partial charge in [-0.1, -0.05) is 17.3 Å². The van der Waals surface area contributed by atoms with E-state index in [1.54, 1.807) is 0 Å². The number of hydroxylamine groups is 2. The first-order valence-corrected chi connectivity index (χ1v) is 16.4. The number of benzene rings is 1. The molecule has 0 bridgehead atoms. The van der Waals surface area contributed by atoms with Crippen LogP contribution in [-0.4, -0.2) is 78.4 Å². The number of nitrogen functional groups attached to an aromatic ring is 1. The zero-order chi connectivity index (χ0) is 33.2. The number of nitrogens with two attached hydrogens (primary N) is 2. The topological polar surface area (TPSA) is 225 Å². The fourth-order valence-corrected chi connectivity index (χ4v) is 6.11. The molecule has 18 heteroatoms. The summed E-state index contributed by atoms with van der Waals surface area (Å²) in [5.74, 6) is -0.0257. The molecule has 5 rings (SSSR count). The number of rotatable bonds is 12. The SMILES string of the molecule is C[n+]1cc(-c2ccc3c(c2)OCC(CO/N=C(\C(=O)N[C@@H]2C(=O)N(OS(=O)(=O)O)C2(C)C)c2csc(N)n2)C3)ccc1NCCN. The van der Waals surface area contributed by atoms with Crippen molar-refractivity contribution in [2.75, 3.05) is 37.4 Å².